The van der Waals surface area contributed by atoms with E-state index in [0.29, 0.717) is 18.8 Å². The first kappa shape index (κ1) is 12.2. The Balaban J connectivity index is 1.96. The Morgan fingerprint density at radius 3 is 2.84 bits per heavy atom. The number of imidazole rings is 1. The number of nitrogens with zero attached hydrogens (tertiary/aromatic N) is 3. The molecule has 2 heterocycles. The van der Waals surface area contributed by atoms with Gasteiger partial charge in [-0.2, -0.15) is 0 Å². The number of halogens is 1. The predicted molar refractivity (Wildman–Crippen MR) is 72.3 cm³/mol. The summed E-state index contributed by atoms with van der Waals surface area (Å²) in [5.74, 6) is 0.810. The maximum absolute atomic E-state index is 13.8. The van der Waals surface area contributed by atoms with Gasteiger partial charge in [0.2, 0.25) is 0 Å². The number of rotatable bonds is 2. The normalized spacial score (nSPS) is 14.6. The molecule has 19 heavy (non-hydrogen) atoms. The fourth-order valence-corrected chi connectivity index (χ4v) is 2.70. The molecule has 0 amide bonds. The summed E-state index contributed by atoms with van der Waals surface area (Å²) in [6.07, 6.45) is 0. The number of aromatic nitrogens is 2. The average Bonchev–Trinajstić information content (AvgIpc) is 2.75. The largest absolute Gasteiger partial charge is 0.361 e. The topological polar surface area (TPSA) is 47.1 Å². The average molecular weight is 260 g/mol. The van der Waals surface area contributed by atoms with Crippen LogP contribution in [-0.4, -0.2) is 16.1 Å². The van der Waals surface area contributed by atoms with Gasteiger partial charge in [-0.15, -0.1) is 0 Å². The van der Waals surface area contributed by atoms with E-state index in [4.69, 9.17) is 5.73 Å². The van der Waals surface area contributed by atoms with Crippen LogP contribution in [0, 0.1) is 12.7 Å². The highest BCUT2D eigenvalue weighted by Gasteiger charge is 2.23. The molecule has 0 radical (unpaired) electrons. The molecule has 1 aromatic heterocycles. The van der Waals surface area contributed by atoms with E-state index >= 15 is 0 Å². The maximum atomic E-state index is 13.8. The predicted octanol–water partition coefficient (Wildman–Crippen LogP) is 1.81. The van der Waals surface area contributed by atoms with Crippen molar-refractivity contribution in [2.24, 2.45) is 5.73 Å². The van der Waals surface area contributed by atoms with Crippen molar-refractivity contribution < 1.29 is 4.39 Å². The molecule has 4 nitrogen and oxygen atoms in total. The lowest BCUT2D eigenvalue weighted by Gasteiger charge is -2.31. The van der Waals surface area contributed by atoms with Gasteiger partial charge in [-0.25, -0.2) is 9.37 Å². The molecular weight excluding hydrogens is 243 g/mol. The molecule has 0 atom stereocenters. The number of benzene rings is 1. The minimum atomic E-state index is -0.179. The highest BCUT2D eigenvalue weighted by molar-refractivity contribution is 5.48. The third kappa shape index (κ3) is 2.00. The zero-order chi connectivity index (χ0) is 13.4. The van der Waals surface area contributed by atoms with Gasteiger partial charge in [0.15, 0.2) is 0 Å². The Bertz CT molecular complexity index is 605. The third-order valence-corrected chi connectivity index (χ3v) is 3.67. The Hall–Kier alpha value is -1.88. The van der Waals surface area contributed by atoms with Gasteiger partial charge in [-0.05, 0) is 19.1 Å². The second kappa shape index (κ2) is 4.66. The second-order valence-corrected chi connectivity index (χ2v) is 4.78. The summed E-state index contributed by atoms with van der Waals surface area (Å²) < 4.78 is 16.0. The number of anilines is 1. The quantitative estimate of drug-likeness (QED) is 0.895. The Kier molecular flexibility index (Phi) is 2.98. The van der Waals surface area contributed by atoms with Crippen LogP contribution in [0.1, 0.15) is 17.2 Å². The second-order valence-electron chi connectivity index (χ2n) is 4.78. The van der Waals surface area contributed by atoms with Crippen LogP contribution in [0.15, 0.2) is 24.3 Å². The number of nitrogens with two attached hydrogens (primary N) is 1. The van der Waals surface area contributed by atoms with Crippen molar-refractivity contribution in [2.45, 2.75) is 26.6 Å². The molecule has 0 spiro atoms. The molecule has 2 N–H and O–H groups in total. The number of fused-ring (bicyclic) bond motifs is 1. The molecule has 0 saturated heterocycles. The number of para-hydroxylation sites is 1. The van der Waals surface area contributed by atoms with E-state index in [9.17, 15) is 4.39 Å². The Morgan fingerprint density at radius 1 is 1.32 bits per heavy atom. The maximum Gasteiger partial charge on any atom is 0.146 e. The van der Waals surface area contributed by atoms with Crippen molar-refractivity contribution in [2.75, 3.05) is 11.4 Å². The van der Waals surface area contributed by atoms with Crippen LogP contribution < -0.4 is 10.6 Å². The minimum absolute atomic E-state index is 0.179. The molecule has 0 aliphatic carbocycles. The lowest BCUT2D eigenvalue weighted by molar-refractivity contribution is 0.542. The van der Waals surface area contributed by atoms with E-state index in [0.717, 1.165) is 30.3 Å². The first-order valence-corrected chi connectivity index (χ1v) is 6.45. The van der Waals surface area contributed by atoms with Crippen molar-refractivity contribution in [1.82, 2.24) is 9.55 Å². The fraction of sp³-hybridized carbons (Fsp3) is 0.357. The zero-order valence-corrected chi connectivity index (χ0v) is 10.9. The number of aryl methyl sites for hydroxylation is 1. The van der Waals surface area contributed by atoms with Crippen molar-refractivity contribution in [1.29, 1.82) is 0 Å². The summed E-state index contributed by atoms with van der Waals surface area (Å²) in [6.45, 7) is 4.68. The van der Waals surface area contributed by atoms with Crippen LogP contribution in [0.2, 0.25) is 0 Å². The Labute approximate surface area is 111 Å². The van der Waals surface area contributed by atoms with Gasteiger partial charge in [0.25, 0.3) is 0 Å². The van der Waals surface area contributed by atoms with E-state index in [1.54, 1.807) is 6.07 Å². The first-order chi connectivity index (χ1) is 9.20. The first-order valence-electron chi connectivity index (χ1n) is 6.45. The monoisotopic (exact) mass is 260 g/mol. The van der Waals surface area contributed by atoms with E-state index in [1.165, 1.54) is 6.07 Å². The number of hydrogen-bond donors (Lipinski definition) is 1. The van der Waals surface area contributed by atoms with Crippen molar-refractivity contribution in [3.05, 3.63) is 47.3 Å². The molecule has 5 heteroatoms. The van der Waals surface area contributed by atoms with E-state index < -0.39 is 0 Å². The molecule has 1 aliphatic heterocycles. The van der Waals surface area contributed by atoms with Crippen molar-refractivity contribution in [3.63, 3.8) is 0 Å². The Morgan fingerprint density at radius 2 is 2.11 bits per heavy atom. The molecule has 100 valence electrons. The standard InChI is InChI=1S/C14H17FN4/c1-10-17-12(8-16)14-9-18(6-7-19(10)14)13-5-3-2-4-11(13)15/h2-5H,6-9,16H2,1H3. The van der Waals surface area contributed by atoms with Crippen molar-refractivity contribution in [3.8, 4) is 0 Å². The summed E-state index contributed by atoms with van der Waals surface area (Å²) in [4.78, 5) is 6.53. The van der Waals surface area contributed by atoms with E-state index in [-0.39, 0.29) is 5.82 Å². The van der Waals surface area contributed by atoms with Crippen LogP contribution in [0.3, 0.4) is 0 Å². The lowest BCUT2D eigenvalue weighted by atomic mass is 10.2. The third-order valence-electron chi connectivity index (χ3n) is 3.67. The summed E-state index contributed by atoms with van der Waals surface area (Å²) in [7, 11) is 0. The summed E-state index contributed by atoms with van der Waals surface area (Å²) >= 11 is 0. The zero-order valence-electron chi connectivity index (χ0n) is 10.9. The smallest absolute Gasteiger partial charge is 0.146 e. The highest BCUT2D eigenvalue weighted by Crippen LogP contribution is 2.25. The fourth-order valence-electron chi connectivity index (χ4n) is 2.70. The van der Waals surface area contributed by atoms with Gasteiger partial charge in [-0.1, -0.05) is 12.1 Å². The van der Waals surface area contributed by atoms with Gasteiger partial charge in [0.05, 0.1) is 23.6 Å². The van der Waals surface area contributed by atoms with Crippen LogP contribution in [0.25, 0.3) is 0 Å². The molecule has 3 rings (SSSR count). The molecule has 0 unspecified atom stereocenters. The SMILES string of the molecule is Cc1nc(CN)c2n1CCN(c1ccccc1F)C2. The molecule has 0 saturated carbocycles. The van der Waals surface area contributed by atoms with Crippen LogP contribution in [0.5, 0.6) is 0 Å². The molecule has 0 fully saturated rings. The molecule has 1 aliphatic rings. The van der Waals surface area contributed by atoms with Gasteiger partial charge >= 0.3 is 0 Å². The molecular formula is C14H17FN4. The molecule has 2 aromatic rings. The van der Waals surface area contributed by atoms with Crippen LogP contribution >= 0.6 is 0 Å². The van der Waals surface area contributed by atoms with E-state index in [2.05, 4.69) is 9.55 Å². The molecule has 1 aromatic carbocycles. The van der Waals surface area contributed by atoms with Gasteiger partial charge in [0, 0.05) is 19.6 Å². The summed E-state index contributed by atoms with van der Waals surface area (Å²) in [6, 6.07) is 6.88. The summed E-state index contributed by atoms with van der Waals surface area (Å²) in [5.41, 5.74) is 8.40. The van der Waals surface area contributed by atoms with Crippen molar-refractivity contribution >= 4 is 5.69 Å². The highest BCUT2D eigenvalue weighted by atomic mass is 19.1. The van der Waals surface area contributed by atoms with Crippen LogP contribution in [-0.2, 0) is 19.6 Å². The number of hydrogen-bond acceptors (Lipinski definition) is 3. The summed E-state index contributed by atoms with van der Waals surface area (Å²) in [5, 5.41) is 0. The van der Waals surface area contributed by atoms with Gasteiger partial charge in [0.1, 0.15) is 11.6 Å². The van der Waals surface area contributed by atoms with Gasteiger partial charge in [-0.3, -0.25) is 0 Å². The lowest BCUT2D eigenvalue weighted by Crippen LogP contribution is -2.34. The molecule has 0 bridgehead atoms. The van der Waals surface area contributed by atoms with E-state index in [1.807, 2.05) is 24.0 Å². The van der Waals surface area contributed by atoms with Gasteiger partial charge < -0.3 is 15.2 Å². The van der Waals surface area contributed by atoms with Crippen LogP contribution in [0.4, 0.5) is 10.1 Å². The minimum Gasteiger partial charge on any atom is -0.361 e.